The molecule has 0 spiro atoms. The van der Waals surface area contributed by atoms with E-state index in [-0.39, 0.29) is 0 Å². The van der Waals surface area contributed by atoms with Crippen LogP contribution in [0.4, 0.5) is 0 Å². The minimum absolute atomic E-state index is 0.480. The van der Waals surface area contributed by atoms with Crippen LogP contribution >= 0.6 is 0 Å². The largest absolute Gasteiger partial charge is 0.455 e. The Bertz CT molecular complexity index is 791. The van der Waals surface area contributed by atoms with Crippen molar-refractivity contribution in [2.45, 2.75) is 32.0 Å². The molecule has 1 saturated heterocycles. The first kappa shape index (κ1) is 15.8. The minimum atomic E-state index is 0.480. The molecular weight excluding hydrogens is 314 g/mol. The van der Waals surface area contributed by atoms with Gasteiger partial charge in [0, 0.05) is 24.3 Å². The average molecular weight is 335 g/mol. The molecule has 1 atom stereocenters. The van der Waals surface area contributed by atoms with E-state index in [0.29, 0.717) is 6.04 Å². The van der Waals surface area contributed by atoms with E-state index >= 15 is 0 Å². The van der Waals surface area contributed by atoms with E-state index in [0.717, 1.165) is 31.1 Å². The molecule has 1 aliphatic rings. The smallest absolute Gasteiger partial charge is 0.145 e. The Kier molecular flexibility index (Phi) is 4.70. The summed E-state index contributed by atoms with van der Waals surface area (Å²) in [7, 11) is 0. The molecule has 2 aromatic heterocycles. The maximum absolute atomic E-state index is 6.04. The van der Waals surface area contributed by atoms with E-state index in [1.807, 2.05) is 28.9 Å². The maximum Gasteiger partial charge on any atom is 0.145 e. The van der Waals surface area contributed by atoms with Crippen LogP contribution in [-0.2, 0) is 13.1 Å². The molecule has 0 bridgehead atoms. The Morgan fingerprint density at radius 2 is 2.08 bits per heavy atom. The average Bonchev–Trinajstić information content (AvgIpc) is 3.31. The second-order valence-corrected chi connectivity index (χ2v) is 6.28. The predicted molar refractivity (Wildman–Crippen MR) is 94.2 cm³/mol. The highest BCUT2D eigenvalue weighted by Crippen LogP contribution is 2.28. The molecule has 0 aliphatic carbocycles. The summed E-state index contributed by atoms with van der Waals surface area (Å²) in [6.07, 6.45) is 9.26. The number of aromatic nitrogens is 4. The van der Waals surface area contributed by atoms with Crippen molar-refractivity contribution < 1.29 is 4.74 Å². The zero-order chi connectivity index (χ0) is 16.9. The van der Waals surface area contributed by atoms with Gasteiger partial charge in [0.1, 0.15) is 24.2 Å². The van der Waals surface area contributed by atoms with E-state index in [9.17, 15) is 0 Å². The van der Waals surface area contributed by atoms with E-state index in [1.54, 1.807) is 25.0 Å². The molecule has 1 unspecified atom stereocenters. The van der Waals surface area contributed by atoms with Crippen LogP contribution in [-0.4, -0.2) is 37.2 Å². The van der Waals surface area contributed by atoms with Gasteiger partial charge in [0.15, 0.2) is 0 Å². The fraction of sp³-hybridized carbons (Fsp3) is 0.316. The molecule has 4 rings (SSSR count). The van der Waals surface area contributed by atoms with Crippen molar-refractivity contribution in [1.29, 1.82) is 0 Å². The molecule has 0 amide bonds. The second-order valence-electron chi connectivity index (χ2n) is 6.28. The number of rotatable bonds is 6. The van der Waals surface area contributed by atoms with Crippen molar-refractivity contribution in [2.75, 3.05) is 6.54 Å². The summed E-state index contributed by atoms with van der Waals surface area (Å²) in [4.78, 5) is 10.7. The van der Waals surface area contributed by atoms with Crippen molar-refractivity contribution >= 4 is 0 Å². The Hall–Kier alpha value is -2.73. The first-order valence-electron chi connectivity index (χ1n) is 8.61. The number of para-hydroxylation sites is 1. The predicted octanol–water partition coefficient (Wildman–Crippen LogP) is 3.13. The fourth-order valence-electron chi connectivity index (χ4n) is 3.34. The molecule has 3 aromatic rings. The van der Waals surface area contributed by atoms with Crippen LogP contribution in [0.25, 0.3) is 0 Å². The third kappa shape index (κ3) is 3.85. The first-order chi connectivity index (χ1) is 12.4. The van der Waals surface area contributed by atoms with Gasteiger partial charge in [0.05, 0.1) is 12.7 Å². The highest BCUT2D eigenvalue weighted by molar-refractivity contribution is 5.37. The maximum atomic E-state index is 6.04. The zero-order valence-electron chi connectivity index (χ0n) is 14.0. The van der Waals surface area contributed by atoms with Crippen LogP contribution < -0.4 is 4.74 Å². The van der Waals surface area contributed by atoms with Gasteiger partial charge in [-0.2, -0.15) is 5.10 Å². The Labute approximate surface area is 147 Å². The lowest BCUT2D eigenvalue weighted by molar-refractivity contribution is 0.217. The quantitative estimate of drug-likeness (QED) is 0.693. The lowest BCUT2D eigenvalue weighted by atomic mass is 10.1. The highest BCUT2D eigenvalue weighted by Gasteiger charge is 2.25. The molecule has 1 aromatic carbocycles. The number of ether oxygens (including phenoxy) is 1. The van der Waals surface area contributed by atoms with Crippen LogP contribution in [0.2, 0.25) is 0 Å². The van der Waals surface area contributed by atoms with Crippen LogP contribution in [0.1, 0.15) is 18.4 Å². The Morgan fingerprint density at radius 3 is 2.92 bits per heavy atom. The van der Waals surface area contributed by atoms with Gasteiger partial charge in [-0.1, -0.05) is 18.2 Å². The summed E-state index contributed by atoms with van der Waals surface area (Å²) >= 11 is 0. The van der Waals surface area contributed by atoms with Crippen molar-refractivity contribution in [2.24, 2.45) is 0 Å². The molecule has 25 heavy (non-hydrogen) atoms. The molecule has 3 heterocycles. The highest BCUT2D eigenvalue weighted by atomic mass is 16.5. The summed E-state index contributed by atoms with van der Waals surface area (Å²) in [5.74, 6) is 1.65. The number of hydrogen-bond donors (Lipinski definition) is 0. The van der Waals surface area contributed by atoms with Crippen molar-refractivity contribution in [3.63, 3.8) is 0 Å². The lowest BCUT2D eigenvalue weighted by Crippen LogP contribution is -2.32. The van der Waals surface area contributed by atoms with Gasteiger partial charge in [-0.15, -0.1) is 0 Å². The van der Waals surface area contributed by atoms with Crippen molar-refractivity contribution in [3.8, 4) is 11.5 Å². The normalized spacial score (nSPS) is 17.7. The molecule has 1 aliphatic heterocycles. The summed E-state index contributed by atoms with van der Waals surface area (Å²) < 4.78 is 7.96. The number of pyridine rings is 1. The molecule has 6 heteroatoms. The van der Waals surface area contributed by atoms with Crippen LogP contribution in [0.3, 0.4) is 0 Å². The third-order valence-corrected chi connectivity index (χ3v) is 4.57. The minimum Gasteiger partial charge on any atom is -0.455 e. The van der Waals surface area contributed by atoms with Gasteiger partial charge in [0.25, 0.3) is 0 Å². The van der Waals surface area contributed by atoms with E-state index in [2.05, 4.69) is 32.1 Å². The van der Waals surface area contributed by atoms with Crippen molar-refractivity contribution in [3.05, 3.63) is 67.0 Å². The summed E-state index contributed by atoms with van der Waals surface area (Å²) in [6.45, 7) is 2.85. The van der Waals surface area contributed by atoms with Gasteiger partial charge < -0.3 is 4.74 Å². The molecule has 6 nitrogen and oxygen atoms in total. The van der Waals surface area contributed by atoms with E-state index in [4.69, 9.17) is 4.74 Å². The Morgan fingerprint density at radius 1 is 1.12 bits per heavy atom. The van der Waals surface area contributed by atoms with Crippen LogP contribution in [0.5, 0.6) is 11.5 Å². The van der Waals surface area contributed by atoms with Crippen LogP contribution in [0, 0.1) is 0 Å². The first-order valence-corrected chi connectivity index (χ1v) is 8.61. The third-order valence-electron chi connectivity index (χ3n) is 4.57. The topological polar surface area (TPSA) is 56.1 Å². The molecule has 1 fully saturated rings. The molecule has 0 radical (unpaired) electrons. The van der Waals surface area contributed by atoms with Crippen molar-refractivity contribution in [1.82, 2.24) is 24.6 Å². The zero-order valence-corrected chi connectivity index (χ0v) is 14.0. The van der Waals surface area contributed by atoms with Gasteiger partial charge in [-0.3, -0.25) is 14.6 Å². The Balaban J connectivity index is 1.48. The standard InChI is InChI=1S/C19H21N5O/c1-2-8-19(25-18-7-3-9-20-11-18)16(5-1)12-23-10-4-6-17(23)13-24-15-21-14-22-24/h1-3,5,7-9,11,14-15,17H,4,6,10,12-13H2. The fourth-order valence-corrected chi connectivity index (χ4v) is 3.34. The molecule has 128 valence electrons. The van der Waals surface area contributed by atoms with Gasteiger partial charge in [-0.25, -0.2) is 4.98 Å². The number of hydrogen-bond acceptors (Lipinski definition) is 5. The van der Waals surface area contributed by atoms with E-state index < -0.39 is 0 Å². The summed E-state index contributed by atoms with van der Waals surface area (Å²) in [5.41, 5.74) is 1.19. The molecule has 0 saturated carbocycles. The second kappa shape index (κ2) is 7.44. The van der Waals surface area contributed by atoms with E-state index in [1.165, 1.54) is 18.4 Å². The summed E-state index contributed by atoms with van der Waals surface area (Å²) in [5, 5.41) is 4.24. The summed E-state index contributed by atoms with van der Waals surface area (Å²) in [6, 6.07) is 12.5. The van der Waals surface area contributed by atoms with Crippen LogP contribution in [0.15, 0.2) is 61.4 Å². The molecular formula is C19H21N5O. The monoisotopic (exact) mass is 335 g/mol. The van der Waals surface area contributed by atoms with Gasteiger partial charge in [-0.05, 0) is 37.6 Å². The number of benzene rings is 1. The number of likely N-dealkylation sites (tertiary alicyclic amines) is 1. The molecule has 0 N–H and O–H groups in total. The lowest BCUT2D eigenvalue weighted by Gasteiger charge is -2.25. The van der Waals surface area contributed by atoms with Gasteiger partial charge >= 0.3 is 0 Å². The number of nitrogens with zero attached hydrogens (tertiary/aromatic N) is 5. The van der Waals surface area contributed by atoms with Gasteiger partial charge in [0.2, 0.25) is 0 Å². The SMILES string of the molecule is c1cncc(Oc2ccccc2CN2CCCC2Cn2cncn2)c1.